The van der Waals surface area contributed by atoms with Crippen LogP contribution < -0.4 is 15.4 Å². The molecule has 0 aromatic heterocycles. The molecule has 7 heteroatoms. The molecule has 2 aromatic carbocycles. The Hall–Kier alpha value is -2.96. The normalized spacial score (nSPS) is 10.4. The number of ether oxygens (including phenoxy) is 1. The van der Waals surface area contributed by atoms with E-state index in [0.717, 1.165) is 12.1 Å². The zero-order valence-electron chi connectivity index (χ0n) is 13.8. The monoisotopic (exact) mass is 348 g/mol. The lowest BCUT2D eigenvalue weighted by Crippen LogP contribution is -2.22. The van der Waals surface area contributed by atoms with Gasteiger partial charge in [0.2, 0.25) is 11.8 Å². The first-order valence-corrected chi connectivity index (χ1v) is 7.66. The Labute approximate surface area is 144 Å². The summed E-state index contributed by atoms with van der Waals surface area (Å²) in [4.78, 5) is 23.8. The number of nitrogens with one attached hydrogen (secondary N) is 2. The van der Waals surface area contributed by atoms with Crippen LogP contribution in [0.2, 0.25) is 0 Å². The first kappa shape index (κ1) is 18.4. The van der Waals surface area contributed by atoms with E-state index in [0.29, 0.717) is 11.4 Å². The van der Waals surface area contributed by atoms with Gasteiger partial charge in [-0.05, 0) is 38.1 Å². The number of anilines is 2. The summed E-state index contributed by atoms with van der Waals surface area (Å²) in [5.41, 5.74) is -0.171. The van der Waals surface area contributed by atoms with E-state index in [1.807, 2.05) is 13.8 Å². The van der Waals surface area contributed by atoms with Gasteiger partial charge in [0.05, 0.1) is 11.8 Å². The van der Waals surface area contributed by atoms with E-state index in [4.69, 9.17) is 4.74 Å². The van der Waals surface area contributed by atoms with Crippen molar-refractivity contribution < 1.29 is 23.1 Å². The molecule has 2 amide bonds. The second-order valence-electron chi connectivity index (χ2n) is 5.53. The van der Waals surface area contributed by atoms with E-state index in [-0.39, 0.29) is 6.10 Å². The Morgan fingerprint density at radius 1 is 0.960 bits per heavy atom. The van der Waals surface area contributed by atoms with Gasteiger partial charge in [-0.3, -0.25) is 9.59 Å². The highest BCUT2D eigenvalue weighted by Crippen LogP contribution is 2.25. The molecule has 0 aliphatic rings. The number of para-hydroxylation sites is 3. The van der Waals surface area contributed by atoms with Gasteiger partial charge in [0.25, 0.3) is 0 Å². The predicted octanol–water partition coefficient (Wildman–Crippen LogP) is 3.72. The van der Waals surface area contributed by atoms with Crippen molar-refractivity contribution in [2.45, 2.75) is 26.4 Å². The third kappa shape index (κ3) is 5.27. The summed E-state index contributed by atoms with van der Waals surface area (Å²) >= 11 is 0. The molecule has 0 saturated carbocycles. The van der Waals surface area contributed by atoms with Gasteiger partial charge in [0.1, 0.15) is 29.5 Å². The second-order valence-corrected chi connectivity index (χ2v) is 5.53. The van der Waals surface area contributed by atoms with Gasteiger partial charge >= 0.3 is 0 Å². The van der Waals surface area contributed by atoms with Crippen LogP contribution in [-0.2, 0) is 9.59 Å². The molecule has 2 N–H and O–H groups in total. The molecule has 132 valence electrons. The first-order valence-electron chi connectivity index (χ1n) is 7.66. The zero-order valence-corrected chi connectivity index (χ0v) is 13.8. The van der Waals surface area contributed by atoms with Crippen LogP contribution in [0.4, 0.5) is 20.2 Å². The largest absolute Gasteiger partial charge is 0.489 e. The summed E-state index contributed by atoms with van der Waals surface area (Å²) in [6.07, 6.45) is -0.686. The molecule has 0 heterocycles. The molecule has 0 bridgehead atoms. The number of rotatable bonds is 6. The summed E-state index contributed by atoms with van der Waals surface area (Å²) < 4.78 is 32.6. The molecule has 0 saturated heterocycles. The zero-order chi connectivity index (χ0) is 18.4. The maximum absolute atomic E-state index is 13.5. The van der Waals surface area contributed by atoms with Crippen molar-refractivity contribution in [3.63, 3.8) is 0 Å². The molecule has 0 fully saturated rings. The third-order valence-electron chi connectivity index (χ3n) is 3.07. The van der Waals surface area contributed by atoms with Crippen LogP contribution in [0.5, 0.6) is 5.75 Å². The molecule has 0 radical (unpaired) electrons. The average molecular weight is 348 g/mol. The Morgan fingerprint density at radius 3 is 2.20 bits per heavy atom. The minimum atomic E-state index is -0.913. The Morgan fingerprint density at radius 2 is 1.56 bits per heavy atom. The molecule has 0 spiro atoms. The van der Waals surface area contributed by atoms with Gasteiger partial charge in [-0.25, -0.2) is 8.78 Å². The SMILES string of the molecule is CC(C)Oc1ccccc1NC(=O)CC(=O)Nc1c(F)cccc1F. The Kier molecular flexibility index (Phi) is 6.05. The summed E-state index contributed by atoms with van der Waals surface area (Å²) in [5.74, 6) is -2.82. The maximum Gasteiger partial charge on any atom is 0.233 e. The van der Waals surface area contributed by atoms with Crippen LogP contribution in [0.15, 0.2) is 42.5 Å². The van der Waals surface area contributed by atoms with Gasteiger partial charge in [-0.2, -0.15) is 0 Å². The van der Waals surface area contributed by atoms with Gasteiger partial charge in [-0.1, -0.05) is 18.2 Å². The predicted molar refractivity (Wildman–Crippen MR) is 90.4 cm³/mol. The number of benzene rings is 2. The second kappa shape index (κ2) is 8.23. The number of hydrogen-bond acceptors (Lipinski definition) is 3. The van der Waals surface area contributed by atoms with Crippen LogP contribution in [0.1, 0.15) is 20.3 Å². The summed E-state index contributed by atoms with van der Waals surface area (Å²) in [6, 6.07) is 9.97. The fourth-order valence-corrected chi connectivity index (χ4v) is 2.07. The number of halogens is 2. The van der Waals surface area contributed by atoms with Crippen molar-refractivity contribution in [3.8, 4) is 5.75 Å². The molecule has 0 atom stereocenters. The molecular formula is C18H18F2N2O3. The standard InChI is InChI=1S/C18H18F2N2O3/c1-11(2)25-15-9-4-3-8-14(15)21-16(23)10-17(24)22-18-12(19)6-5-7-13(18)20/h3-9,11H,10H2,1-2H3,(H,21,23)(H,22,24). The number of carbonyl (C=O) groups is 2. The summed E-state index contributed by atoms with van der Waals surface area (Å²) in [5, 5.41) is 4.61. The molecule has 0 aliphatic carbocycles. The average Bonchev–Trinajstić information content (AvgIpc) is 2.52. The van der Waals surface area contributed by atoms with Crippen LogP contribution in [-0.4, -0.2) is 17.9 Å². The number of amides is 2. The maximum atomic E-state index is 13.5. The molecule has 0 aliphatic heterocycles. The quantitative estimate of drug-likeness (QED) is 0.782. The molecule has 25 heavy (non-hydrogen) atoms. The highest BCUT2D eigenvalue weighted by atomic mass is 19.1. The fourth-order valence-electron chi connectivity index (χ4n) is 2.07. The third-order valence-corrected chi connectivity index (χ3v) is 3.07. The minimum absolute atomic E-state index is 0.0922. The van der Waals surface area contributed by atoms with Crippen LogP contribution in [0, 0.1) is 11.6 Å². The minimum Gasteiger partial charge on any atom is -0.489 e. The van der Waals surface area contributed by atoms with Crippen molar-refractivity contribution in [3.05, 3.63) is 54.1 Å². The summed E-state index contributed by atoms with van der Waals surface area (Å²) in [6.45, 7) is 3.68. The van der Waals surface area contributed by atoms with Crippen molar-refractivity contribution in [1.82, 2.24) is 0 Å². The van der Waals surface area contributed by atoms with Gasteiger partial charge < -0.3 is 15.4 Å². The van der Waals surface area contributed by atoms with E-state index in [9.17, 15) is 18.4 Å². The number of hydrogen-bond donors (Lipinski definition) is 2. The van der Waals surface area contributed by atoms with Crippen LogP contribution >= 0.6 is 0 Å². The highest BCUT2D eigenvalue weighted by Gasteiger charge is 2.16. The van der Waals surface area contributed by atoms with E-state index in [1.54, 1.807) is 24.3 Å². The van der Waals surface area contributed by atoms with Crippen molar-refractivity contribution in [2.75, 3.05) is 10.6 Å². The topological polar surface area (TPSA) is 67.4 Å². The van der Waals surface area contributed by atoms with Crippen molar-refractivity contribution in [1.29, 1.82) is 0 Å². The smallest absolute Gasteiger partial charge is 0.233 e. The summed E-state index contributed by atoms with van der Waals surface area (Å²) in [7, 11) is 0. The van der Waals surface area contributed by atoms with E-state index >= 15 is 0 Å². The van der Waals surface area contributed by atoms with Gasteiger partial charge in [0, 0.05) is 0 Å². The lowest BCUT2D eigenvalue weighted by atomic mass is 10.2. The molecule has 0 unspecified atom stereocenters. The molecule has 2 aromatic rings. The number of carbonyl (C=O) groups excluding carboxylic acids is 2. The lowest BCUT2D eigenvalue weighted by molar-refractivity contribution is -0.123. The molecule has 5 nitrogen and oxygen atoms in total. The Balaban J connectivity index is 2.00. The van der Waals surface area contributed by atoms with E-state index < -0.39 is 35.6 Å². The Bertz CT molecular complexity index is 758. The van der Waals surface area contributed by atoms with E-state index in [1.165, 1.54) is 6.07 Å². The van der Waals surface area contributed by atoms with E-state index in [2.05, 4.69) is 10.6 Å². The highest BCUT2D eigenvalue weighted by molar-refractivity contribution is 6.08. The molecule has 2 rings (SSSR count). The van der Waals surface area contributed by atoms with Crippen molar-refractivity contribution in [2.24, 2.45) is 0 Å². The van der Waals surface area contributed by atoms with Crippen LogP contribution in [0.3, 0.4) is 0 Å². The lowest BCUT2D eigenvalue weighted by Gasteiger charge is -2.14. The van der Waals surface area contributed by atoms with Crippen molar-refractivity contribution >= 4 is 23.2 Å². The van der Waals surface area contributed by atoms with Crippen LogP contribution in [0.25, 0.3) is 0 Å². The molecular weight excluding hydrogens is 330 g/mol. The first-order chi connectivity index (χ1) is 11.9. The van der Waals surface area contributed by atoms with Gasteiger partial charge in [0.15, 0.2) is 0 Å². The fraction of sp³-hybridized carbons (Fsp3) is 0.222. The van der Waals surface area contributed by atoms with Gasteiger partial charge in [-0.15, -0.1) is 0 Å².